The third-order valence-corrected chi connectivity index (χ3v) is 5.05. The van der Waals surface area contributed by atoms with Crippen LogP contribution in [-0.2, 0) is 16.0 Å². The van der Waals surface area contributed by atoms with Crippen LogP contribution in [0.3, 0.4) is 0 Å². The highest BCUT2D eigenvalue weighted by Gasteiger charge is 2.35. The third-order valence-electron chi connectivity index (χ3n) is 5.05. The van der Waals surface area contributed by atoms with E-state index < -0.39 is 0 Å². The fourth-order valence-electron chi connectivity index (χ4n) is 3.56. The number of benzene rings is 1. The van der Waals surface area contributed by atoms with E-state index in [1.54, 1.807) is 12.0 Å². The molecule has 2 heterocycles. The molecular weight excluding hydrogens is 318 g/mol. The van der Waals surface area contributed by atoms with Crippen molar-refractivity contribution in [2.75, 3.05) is 39.8 Å². The van der Waals surface area contributed by atoms with Crippen LogP contribution in [0, 0.1) is 0 Å². The number of methoxy groups -OCH3 is 1. The molecule has 1 aromatic rings. The van der Waals surface area contributed by atoms with E-state index in [9.17, 15) is 9.59 Å². The Morgan fingerprint density at radius 1 is 1.16 bits per heavy atom. The van der Waals surface area contributed by atoms with Gasteiger partial charge in [0.1, 0.15) is 11.8 Å². The van der Waals surface area contributed by atoms with Gasteiger partial charge in [-0.1, -0.05) is 12.1 Å². The van der Waals surface area contributed by atoms with Gasteiger partial charge in [-0.2, -0.15) is 0 Å². The number of amides is 2. The molecule has 136 valence electrons. The van der Waals surface area contributed by atoms with E-state index in [1.807, 2.05) is 29.2 Å². The number of nitrogens with one attached hydrogen (secondary N) is 1. The smallest absolute Gasteiger partial charge is 0.246 e. The van der Waals surface area contributed by atoms with E-state index >= 15 is 0 Å². The van der Waals surface area contributed by atoms with Crippen LogP contribution in [0.2, 0.25) is 0 Å². The topological polar surface area (TPSA) is 61.9 Å². The normalized spacial score (nSPS) is 20.6. The van der Waals surface area contributed by atoms with E-state index in [1.165, 1.54) is 0 Å². The Hall–Kier alpha value is -2.08. The van der Waals surface area contributed by atoms with Crippen molar-refractivity contribution in [1.29, 1.82) is 0 Å². The predicted molar refractivity (Wildman–Crippen MR) is 95.5 cm³/mol. The molecule has 1 aromatic carbocycles. The van der Waals surface area contributed by atoms with Gasteiger partial charge in [-0.15, -0.1) is 0 Å². The minimum atomic E-state index is -0.352. The summed E-state index contributed by atoms with van der Waals surface area (Å²) in [6.45, 7) is 3.56. The molecule has 0 saturated carbocycles. The Labute approximate surface area is 149 Å². The molecule has 25 heavy (non-hydrogen) atoms. The zero-order valence-corrected chi connectivity index (χ0v) is 14.9. The molecule has 6 nitrogen and oxygen atoms in total. The van der Waals surface area contributed by atoms with Crippen molar-refractivity contribution < 1.29 is 14.3 Å². The van der Waals surface area contributed by atoms with Gasteiger partial charge < -0.3 is 19.9 Å². The predicted octanol–water partition coefficient (Wildman–Crippen LogP) is 1.05. The van der Waals surface area contributed by atoms with Crippen LogP contribution in [0.5, 0.6) is 5.75 Å². The molecule has 2 fully saturated rings. The fourth-order valence-corrected chi connectivity index (χ4v) is 3.56. The molecule has 3 rings (SSSR count). The van der Waals surface area contributed by atoms with Crippen molar-refractivity contribution >= 4 is 11.8 Å². The maximum absolute atomic E-state index is 12.7. The number of likely N-dealkylation sites (tertiary alicyclic amines) is 1. The number of carbonyl (C=O) groups is 2. The quantitative estimate of drug-likeness (QED) is 0.867. The van der Waals surface area contributed by atoms with Crippen LogP contribution in [0.1, 0.15) is 24.8 Å². The molecule has 6 heteroatoms. The van der Waals surface area contributed by atoms with E-state index in [-0.39, 0.29) is 17.9 Å². The molecule has 0 bridgehead atoms. The van der Waals surface area contributed by atoms with Gasteiger partial charge in [-0.05, 0) is 37.0 Å². The first-order chi connectivity index (χ1) is 12.2. The molecule has 0 aromatic heterocycles. The van der Waals surface area contributed by atoms with E-state index in [0.29, 0.717) is 25.9 Å². The van der Waals surface area contributed by atoms with Gasteiger partial charge in [-0.25, -0.2) is 0 Å². The zero-order valence-electron chi connectivity index (χ0n) is 14.9. The summed E-state index contributed by atoms with van der Waals surface area (Å²) in [4.78, 5) is 29.1. The van der Waals surface area contributed by atoms with Crippen LogP contribution in [0.15, 0.2) is 24.3 Å². The lowest BCUT2D eigenvalue weighted by molar-refractivity contribution is -0.146. The number of rotatable bonds is 5. The summed E-state index contributed by atoms with van der Waals surface area (Å²) in [6.07, 6.45) is 3.24. The summed E-state index contributed by atoms with van der Waals surface area (Å²) in [6, 6.07) is 7.43. The maximum Gasteiger partial charge on any atom is 0.246 e. The SMILES string of the molecule is COc1ccc(CCC(=O)N2CCNC[C@H]2C(=O)N2CCCC2)cc1. The Bertz CT molecular complexity index is 596. The van der Waals surface area contributed by atoms with Crippen LogP contribution >= 0.6 is 0 Å². The van der Waals surface area contributed by atoms with Gasteiger partial charge in [-0.3, -0.25) is 9.59 Å². The van der Waals surface area contributed by atoms with Gasteiger partial charge in [0.05, 0.1) is 7.11 Å². The average molecular weight is 345 g/mol. The standard InChI is InChI=1S/C19H27N3O3/c1-25-16-7-4-15(5-8-16)6-9-18(23)22-13-10-20-14-17(22)19(24)21-11-2-3-12-21/h4-5,7-8,17,20H,2-3,6,9-14H2,1H3/t17-/m0/s1. The molecule has 0 spiro atoms. The summed E-state index contributed by atoms with van der Waals surface area (Å²) < 4.78 is 5.15. The lowest BCUT2D eigenvalue weighted by Crippen LogP contribution is -2.59. The maximum atomic E-state index is 12.7. The molecule has 2 amide bonds. The molecule has 1 N–H and O–H groups in total. The van der Waals surface area contributed by atoms with Gasteiger partial charge in [0.25, 0.3) is 0 Å². The Morgan fingerprint density at radius 3 is 2.56 bits per heavy atom. The van der Waals surface area contributed by atoms with Gasteiger partial charge >= 0.3 is 0 Å². The van der Waals surface area contributed by atoms with E-state index in [4.69, 9.17) is 4.74 Å². The molecule has 2 aliphatic rings. The Balaban J connectivity index is 1.58. The van der Waals surface area contributed by atoms with E-state index in [0.717, 1.165) is 43.8 Å². The fraction of sp³-hybridized carbons (Fsp3) is 0.579. The molecule has 1 atom stereocenters. The van der Waals surface area contributed by atoms with Crippen LogP contribution in [0.25, 0.3) is 0 Å². The van der Waals surface area contributed by atoms with Crippen molar-refractivity contribution in [3.63, 3.8) is 0 Å². The van der Waals surface area contributed by atoms with E-state index in [2.05, 4.69) is 5.32 Å². The Kier molecular flexibility index (Phi) is 5.91. The van der Waals surface area contributed by atoms with Crippen LogP contribution < -0.4 is 10.1 Å². The van der Waals surface area contributed by atoms with Crippen molar-refractivity contribution in [2.45, 2.75) is 31.7 Å². The first-order valence-corrected chi connectivity index (χ1v) is 9.11. The highest BCUT2D eigenvalue weighted by atomic mass is 16.5. The van der Waals surface area contributed by atoms with Gasteiger partial charge in [0, 0.05) is 39.1 Å². The number of aryl methyl sites for hydroxylation is 1. The molecule has 2 aliphatic heterocycles. The summed E-state index contributed by atoms with van der Waals surface area (Å²) >= 11 is 0. The average Bonchev–Trinajstić information content (AvgIpc) is 3.20. The second-order valence-electron chi connectivity index (χ2n) is 6.69. The summed E-state index contributed by atoms with van der Waals surface area (Å²) in [7, 11) is 1.64. The summed E-state index contributed by atoms with van der Waals surface area (Å²) in [5, 5.41) is 3.26. The van der Waals surface area contributed by atoms with Gasteiger partial charge in [0.2, 0.25) is 11.8 Å². The lowest BCUT2D eigenvalue weighted by atomic mass is 10.1. The van der Waals surface area contributed by atoms with Crippen molar-refractivity contribution in [1.82, 2.24) is 15.1 Å². The van der Waals surface area contributed by atoms with Crippen LogP contribution in [-0.4, -0.2) is 67.5 Å². The minimum absolute atomic E-state index is 0.0647. The molecule has 2 saturated heterocycles. The second kappa shape index (κ2) is 8.34. The molecular formula is C19H27N3O3. The van der Waals surface area contributed by atoms with Crippen molar-refractivity contribution in [3.8, 4) is 5.75 Å². The number of piperazine rings is 1. The largest absolute Gasteiger partial charge is 0.497 e. The number of hydrogen-bond donors (Lipinski definition) is 1. The monoisotopic (exact) mass is 345 g/mol. The summed E-state index contributed by atoms with van der Waals surface area (Å²) in [5.41, 5.74) is 1.10. The number of carbonyl (C=O) groups excluding carboxylic acids is 2. The third kappa shape index (κ3) is 4.31. The highest BCUT2D eigenvalue weighted by molar-refractivity contribution is 5.88. The number of ether oxygens (including phenoxy) is 1. The Morgan fingerprint density at radius 2 is 1.88 bits per heavy atom. The number of hydrogen-bond acceptors (Lipinski definition) is 4. The molecule has 0 radical (unpaired) electrons. The van der Waals surface area contributed by atoms with Gasteiger partial charge in [0.15, 0.2) is 0 Å². The summed E-state index contributed by atoms with van der Waals surface area (Å²) in [5.74, 6) is 0.978. The lowest BCUT2D eigenvalue weighted by Gasteiger charge is -2.37. The zero-order chi connectivity index (χ0) is 17.6. The molecule has 0 aliphatic carbocycles. The first kappa shape index (κ1) is 17.7. The van der Waals surface area contributed by atoms with Crippen molar-refractivity contribution in [3.05, 3.63) is 29.8 Å². The number of nitrogens with zero attached hydrogens (tertiary/aromatic N) is 2. The van der Waals surface area contributed by atoms with Crippen molar-refractivity contribution in [2.24, 2.45) is 0 Å². The molecule has 0 unspecified atom stereocenters. The second-order valence-corrected chi connectivity index (χ2v) is 6.69. The highest BCUT2D eigenvalue weighted by Crippen LogP contribution is 2.16. The first-order valence-electron chi connectivity index (χ1n) is 9.11. The van der Waals surface area contributed by atoms with Crippen LogP contribution in [0.4, 0.5) is 0 Å². The minimum Gasteiger partial charge on any atom is -0.497 e.